The number of carbonyl (C=O) groups is 1. The first kappa shape index (κ1) is 15.4. The smallest absolute Gasteiger partial charge is 0.227 e. The fourth-order valence-electron chi connectivity index (χ4n) is 2.50. The van der Waals surface area contributed by atoms with Gasteiger partial charge < -0.3 is 10.6 Å². The van der Waals surface area contributed by atoms with Crippen LogP contribution in [0.25, 0.3) is 0 Å². The van der Waals surface area contributed by atoms with Gasteiger partial charge >= 0.3 is 0 Å². The van der Waals surface area contributed by atoms with Crippen molar-refractivity contribution in [2.45, 2.75) is 32.6 Å². The molecule has 0 aliphatic carbocycles. The zero-order valence-corrected chi connectivity index (χ0v) is 12.1. The molecule has 5 nitrogen and oxygen atoms in total. The third-order valence-corrected chi connectivity index (χ3v) is 4.39. The molecule has 1 aliphatic heterocycles. The van der Waals surface area contributed by atoms with Crippen LogP contribution in [0, 0.1) is 5.41 Å². The summed E-state index contributed by atoms with van der Waals surface area (Å²) < 4.78 is 22.1. The summed E-state index contributed by atoms with van der Waals surface area (Å²) in [6, 6.07) is 0. The topological polar surface area (TPSA) is 75.3 Å². The van der Waals surface area contributed by atoms with Crippen molar-refractivity contribution in [2.75, 3.05) is 31.6 Å². The number of piperidine rings is 1. The molecule has 0 saturated carbocycles. The molecule has 0 bridgehead atoms. The van der Waals surface area contributed by atoms with Crippen molar-refractivity contribution in [3.8, 4) is 0 Å². The third kappa shape index (κ3) is 4.57. The normalized spacial score (nSPS) is 24.8. The summed E-state index contributed by atoms with van der Waals surface area (Å²) >= 11 is 0. The maximum atomic E-state index is 12.2. The Bertz CT molecular complexity index is 367. The highest BCUT2D eigenvalue weighted by Crippen LogP contribution is 2.31. The third-order valence-electron chi connectivity index (χ3n) is 3.44. The molecule has 1 fully saturated rings. The molecule has 1 rings (SSSR count). The summed E-state index contributed by atoms with van der Waals surface area (Å²) in [6.45, 7) is 3.94. The van der Waals surface area contributed by atoms with E-state index in [0.29, 0.717) is 6.54 Å². The summed E-state index contributed by atoms with van der Waals surface area (Å²) in [5.74, 6) is 0.00849. The van der Waals surface area contributed by atoms with E-state index in [1.54, 1.807) is 0 Å². The van der Waals surface area contributed by atoms with Crippen LogP contribution in [-0.2, 0) is 14.6 Å². The fraction of sp³-hybridized carbons (Fsp3) is 0.917. The molecule has 1 unspecified atom stereocenters. The lowest BCUT2D eigenvalue weighted by molar-refractivity contribution is -0.132. The van der Waals surface area contributed by atoms with Crippen LogP contribution in [0.5, 0.6) is 0 Å². The Morgan fingerprint density at radius 2 is 2.17 bits per heavy atom. The van der Waals surface area contributed by atoms with E-state index in [1.807, 2.05) is 0 Å². The lowest BCUT2D eigenvalue weighted by Gasteiger charge is -2.36. The van der Waals surface area contributed by atoms with Gasteiger partial charge in [0.1, 0.15) is 9.84 Å². The minimum Gasteiger partial charge on any atom is -0.355 e. The monoisotopic (exact) mass is 276 g/mol. The molecule has 0 spiro atoms. The van der Waals surface area contributed by atoms with Gasteiger partial charge in [0, 0.05) is 19.3 Å². The van der Waals surface area contributed by atoms with Crippen LogP contribution in [0.1, 0.15) is 32.6 Å². The van der Waals surface area contributed by atoms with Crippen LogP contribution in [0.4, 0.5) is 0 Å². The molecule has 1 heterocycles. The number of hydrogen-bond acceptors (Lipinski definition) is 4. The first-order valence-electron chi connectivity index (χ1n) is 6.56. The van der Waals surface area contributed by atoms with Crippen LogP contribution >= 0.6 is 0 Å². The van der Waals surface area contributed by atoms with E-state index < -0.39 is 9.84 Å². The lowest BCUT2D eigenvalue weighted by Crippen LogP contribution is -2.51. The van der Waals surface area contributed by atoms with Crippen molar-refractivity contribution in [3.63, 3.8) is 0 Å². The second-order valence-electron chi connectivity index (χ2n) is 5.20. The zero-order chi connectivity index (χ0) is 13.6. The van der Waals surface area contributed by atoms with E-state index in [0.717, 1.165) is 32.2 Å². The second kappa shape index (κ2) is 6.52. The molecule has 18 heavy (non-hydrogen) atoms. The average Bonchev–Trinajstić information content (AvgIpc) is 2.29. The molecule has 0 radical (unpaired) electrons. The predicted octanol–water partition coefficient (Wildman–Crippen LogP) is 0.317. The minimum atomic E-state index is -3.01. The van der Waals surface area contributed by atoms with Gasteiger partial charge in [-0.15, -0.1) is 0 Å². The average molecular weight is 276 g/mol. The van der Waals surface area contributed by atoms with Crippen molar-refractivity contribution >= 4 is 15.7 Å². The fourth-order valence-corrected chi connectivity index (χ4v) is 2.98. The van der Waals surface area contributed by atoms with Gasteiger partial charge in [0.25, 0.3) is 0 Å². The molecular weight excluding hydrogens is 252 g/mol. The van der Waals surface area contributed by atoms with Crippen LogP contribution in [0.15, 0.2) is 0 Å². The minimum absolute atomic E-state index is 0.000185. The Hall–Kier alpha value is -0.620. The Labute approximate surface area is 110 Å². The Morgan fingerprint density at radius 3 is 2.67 bits per heavy atom. The number of amides is 1. The predicted molar refractivity (Wildman–Crippen MR) is 72.2 cm³/mol. The van der Waals surface area contributed by atoms with E-state index in [-0.39, 0.29) is 23.6 Å². The largest absolute Gasteiger partial charge is 0.355 e. The Morgan fingerprint density at radius 1 is 1.44 bits per heavy atom. The van der Waals surface area contributed by atoms with E-state index in [1.165, 1.54) is 6.26 Å². The van der Waals surface area contributed by atoms with Crippen LogP contribution < -0.4 is 10.6 Å². The highest BCUT2D eigenvalue weighted by Gasteiger charge is 2.38. The van der Waals surface area contributed by atoms with E-state index in [4.69, 9.17) is 0 Å². The van der Waals surface area contributed by atoms with Gasteiger partial charge in [0.2, 0.25) is 5.91 Å². The first-order valence-corrected chi connectivity index (χ1v) is 8.62. The standard InChI is InChI=1S/C12H24N2O3S/c1-3-5-12(6-4-7-13-10-12)11(15)14-8-9-18(2,16)17/h13H,3-10H2,1-2H3,(H,14,15). The summed E-state index contributed by atoms with van der Waals surface area (Å²) in [4.78, 5) is 12.2. The molecule has 106 valence electrons. The molecular formula is C12H24N2O3S. The first-order chi connectivity index (χ1) is 8.40. The van der Waals surface area contributed by atoms with Crippen LogP contribution in [0.2, 0.25) is 0 Å². The number of carbonyl (C=O) groups excluding carboxylic acids is 1. The SMILES string of the molecule is CCCC1(C(=O)NCCS(C)(=O)=O)CCCNC1. The van der Waals surface area contributed by atoms with Gasteiger partial charge in [0.05, 0.1) is 11.2 Å². The molecule has 0 aromatic heterocycles. The maximum absolute atomic E-state index is 12.2. The molecule has 0 aromatic rings. The number of hydrogen-bond donors (Lipinski definition) is 2. The summed E-state index contributed by atoms with van der Waals surface area (Å²) in [5, 5.41) is 6.05. The van der Waals surface area contributed by atoms with Gasteiger partial charge in [-0.05, 0) is 25.8 Å². The zero-order valence-electron chi connectivity index (χ0n) is 11.3. The van der Waals surface area contributed by atoms with Crippen LogP contribution in [0.3, 0.4) is 0 Å². The van der Waals surface area contributed by atoms with E-state index in [2.05, 4.69) is 17.6 Å². The maximum Gasteiger partial charge on any atom is 0.227 e. The van der Waals surface area contributed by atoms with Crippen molar-refractivity contribution in [1.29, 1.82) is 0 Å². The van der Waals surface area contributed by atoms with Crippen molar-refractivity contribution < 1.29 is 13.2 Å². The molecule has 2 N–H and O–H groups in total. The Balaban J connectivity index is 2.54. The molecule has 0 aromatic carbocycles. The highest BCUT2D eigenvalue weighted by atomic mass is 32.2. The highest BCUT2D eigenvalue weighted by molar-refractivity contribution is 7.90. The van der Waals surface area contributed by atoms with Gasteiger partial charge in [-0.2, -0.15) is 0 Å². The van der Waals surface area contributed by atoms with E-state index >= 15 is 0 Å². The van der Waals surface area contributed by atoms with Crippen LogP contribution in [-0.4, -0.2) is 46.0 Å². The number of sulfone groups is 1. The van der Waals surface area contributed by atoms with Crippen molar-refractivity contribution in [1.82, 2.24) is 10.6 Å². The molecule has 1 saturated heterocycles. The number of nitrogens with one attached hydrogen (secondary N) is 2. The number of rotatable bonds is 6. The quantitative estimate of drug-likeness (QED) is 0.732. The van der Waals surface area contributed by atoms with Gasteiger partial charge in [0.15, 0.2) is 0 Å². The molecule has 6 heteroatoms. The molecule has 1 aliphatic rings. The lowest BCUT2D eigenvalue weighted by atomic mass is 9.76. The summed E-state index contributed by atoms with van der Waals surface area (Å²) in [7, 11) is -3.01. The molecule has 1 atom stereocenters. The Kier molecular flexibility index (Phi) is 5.59. The molecule has 1 amide bonds. The summed E-state index contributed by atoms with van der Waals surface area (Å²) in [5.41, 5.74) is -0.343. The van der Waals surface area contributed by atoms with Crippen molar-refractivity contribution in [2.24, 2.45) is 5.41 Å². The van der Waals surface area contributed by atoms with E-state index in [9.17, 15) is 13.2 Å². The second-order valence-corrected chi connectivity index (χ2v) is 7.46. The van der Waals surface area contributed by atoms with Gasteiger partial charge in [-0.25, -0.2) is 8.42 Å². The van der Waals surface area contributed by atoms with Gasteiger partial charge in [-0.1, -0.05) is 13.3 Å². The van der Waals surface area contributed by atoms with Gasteiger partial charge in [-0.3, -0.25) is 4.79 Å². The summed E-state index contributed by atoms with van der Waals surface area (Å²) in [6.07, 6.45) is 4.88. The van der Waals surface area contributed by atoms with Crippen molar-refractivity contribution in [3.05, 3.63) is 0 Å².